The van der Waals surface area contributed by atoms with E-state index in [4.69, 9.17) is 16.0 Å². The van der Waals surface area contributed by atoms with Crippen LogP contribution in [0.5, 0.6) is 0 Å². The van der Waals surface area contributed by atoms with Crippen LogP contribution in [0.3, 0.4) is 0 Å². The number of aromatic nitrogens is 3. The van der Waals surface area contributed by atoms with Crippen LogP contribution in [-0.4, -0.2) is 34.0 Å². The van der Waals surface area contributed by atoms with E-state index >= 15 is 0 Å². The van der Waals surface area contributed by atoms with Gasteiger partial charge in [0.1, 0.15) is 16.7 Å². The Morgan fingerprint density at radius 1 is 1.31 bits per heavy atom. The van der Waals surface area contributed by atoms with Gasteiger partial charge in [0, 0.05) is 31.2 Å². The summed E-state index contributed by atoms with van der Waals surface area (Å²) >= 11 is 6.05. The number of halogens is 1. The van der Waals surface area contributed by atoms with E-state index in [0.29, 0.717) is 41.8 Å². The number of oxazole rings is 1. The van der Waals surface area contributed by atoms with Gasteiger partial charge in [0.05, 0.1) is 11.9 Å². The van der Waals surface area contributed by atoms with Crippen molar-refractivity contribution in [2.45, 2.75) is 43.5 Å². The number of nitrogens with zero attached hydrogens (tertiary/aromatic N) is 4. The molecule has 1 atom stereocenters. The highest BCUT2D eigenvalue weighted by atomic mass is 35.5. The first-order valence-electron chi connectivity index (χ1n) is 9.56. The van der Waals surface area contributed by atoms with Gasteiger partial charge < -0.3 is 4.42 Å². The molecule has 0 N–H and O–H groups in total. The highest BCUT2D eigenvalue weighted by Gasteiger charge is 2.38. The monoisotopic (exact) mass is 434 g/mol. The summed E-state index contributed by atoms with van der Waals surface area (Å²) in [4.78, 5) is 4.65. The Morgan fingerprint density at radius 2 is 2.14 bits per heavy atom. The predicted molar refractivity (Wildman–Crippen MR) is 109 cm³/mol. The Hall–Kier alpha value is -2.16. The first kappa shape index (κ1) is 20.1. The number of piperidine rings is 1. The molecule has 0 amide bonds. The van der Waals surface area contributed by atoms with Gasteiger partial charge in [0.25, 0.3) is 0 Å². The minimum Gasteiger partial charge on any atom is -0.444 e. The van der Waals surface area contributed by atoms with Crippen molar-refractivity contribution in [2.24, 2.45) is 7.05 Å². The van der Waals surface area contributed by atoms with Crippen LogP contribution in [0.1, 0.15) is 48.2 Å². The number of hydrogen-bond donors (Lipinski definition) is 0. The smallest absolute Gasteiger partial charge is 0.247 e. The normalized spacial score (nSPS) is 18.2. The lowest BCUT2D eigenvalue weighted by Crippen LogP contribution is -2.38. The van der Waals surface area contributed by atoms with Gasteiger partial charge in [0.15, 0.2) is 0 Å². The van der Waals surface area contributed by atoms with Gasteiger partial charge in [-0.15, -0.1) is 0 Å². The summed E-state index contributed by atoms with van der Waals surface area (Å²) < 4.78 is 35.7. The SMILES string of the molecule is Cc1nn(C)cc1S(=O)(=O)N1CCCCC1c1ncc(Cc2cccc(Cl)c2)o1. The number of benzene rings is 1. The Kier molecular flexibility index (Phi) is 5.50. The lowest BCUT2D eigenvalue weighted by atomic mass is 10.1. The molecule has 154 valence electrons. The van der Waals surface area contributed by atoms with Gasteiger partial charge >= 0.3 is 0 Å². The van der Waals surface area contributed by atoms with Crippen LogP contribution in [-0.2, 0) is 23.5 Å². The van der Waals surface area contributed by atoms with E-state index in [1.165, 1.54) is 8.99 Å². The molecule has 1 fully saturated rings. The second-order valence-electron chi connectivity index (χ2n) is 7.35. The highest BCUT2D eigenvalue weighted by Crippen LogP contribution is 2.36. The summed E-state index contributed by atoms with van der Waals surface area (Å²) in [5.41, 5.74) is 1.50. The minimum absolute atomic E-state index is 0.234. The molecule has 1 aliphatic rings. The van der Waals surface area contributed by atoms with Crippen molar-refractivity contribution < 1.29 is 12.8 Å². The quantitative estimate of drug-likeness (QED) is 0.608. The molecule has 0 saturated carbocycles. The fourth-order valence-electron chi connectivity index (χ4n) is 3.80. The van der Waals surface area contributed by atoms with Gasteiger partial charge in [-0.1, -0.05) is 30.2 Å². The zero-order valence-corrected chi connectivity index (χ0v) is 17.9. The molecule has 0 spiro atoms. The average molecular weight is 435 g/mol. The van der Waals surface area contributed by atoms with E-state index in [-0.39, 0.29) is 4.90 Å². The minimum atomic E-state index is -3.69. The molecule has 29 heavy (non-hydrogen) atoms. The molecule has 1 aromatic carbocycles. The molecular formula is C20H23ClN4O3S. The third-order valence-electron chi connectivity index (χ3n) is 5.13. The van der Waals surface area contributed by atoms with E-state index in [0.717, 1.165) is 18.4 Å². The van der Waals surface area contributed by atoms with Gasteiger partial charge in [-0.25, -0.2) is 13.4 Å². The second kappa shape index (κ2) is 7.93. The molecule has 3 aromatic rings. The molecule has 0 bridgehead atoms. The Morgan fingerprint density at radius 3 is 2.86 bits per heavy atom. The summed E-state index contributed by atoms with van der Waals surface area (Å²) in [5, 5.41) is 4.85. The molecule has 1 unspecified atom stereocenters. The van der Waals surface area contributed by atoms with Crippen molar-refractivity contribution in [3.05, 3.63) is 64.6 Å². The van der Waals surface area contributed by atoms with E-state index in [2.05, 4.69) is 10.1 Å². The van der Waals surface area contributed by atoms with E-state index in [1.807, 2.05) is 24.3 Å². The number of rotatable bonds is 5. The Bertz CT molecular complexity index is 1120. The van der Waals surface area contributed by atoms with Gasteiger partial charge in [-0.05, 0) is 37.5 Å². The fourth-order valence-corrected chi connectivity index (χ4v) is 5.87. The Labute approximate surface area is 175 Å². The van der Waals surface area contributed by atoms with Crippen molar-refractivity contribution in [1.29, 1.82) is 0 Å². The van der Waals surface area contributed by atoms with Gasteiger partial charge in [-0.3, -0.25) is 4.68 Å². The molecule has 7 nitrogen and oxygen atoms in total. The zero-order chi connectivity index (χ0) is 20.6. The molecule has 1 aliphatic heterocycles. The van der Waals surface area contributed by atoms with Gasteiger partial charge in [-0.2, -0.15) is 9.40 Å². The van der Waals surface area contributed by atoms with Crippen LogP contribution >= 0.6 is 11.6 Å². The first-order chi connectivity index (χ1) is 13.8. The lowest BCUT2D eigenvalue weighted by molar-refractivity contribution is 0.216. The lowest BCUT2D eigenvalue weighted by Gasteiger charge is -2.32. The van der Waals surface area contributed by atoms with Crippen molar-refractivity contribution in [1.82, 2.24) is 19.1 Å². The maximum Gasteiger partial charge on any atom is 0.247 e. The summed E-state index contributed by atoms with van der Waals surface area (Å²) in [5.74, 6) is 1.12. The van der Waals surface area contributed by atoms with Crippen molar-refractivity contribution >= 4 is 21.6 Å². The third-order valence-corrected chi connectivity index (χ3v) is 7.38. The molecule has 0 radical (unpaired) electrons. The predicted octanol–water partition coefficient (Wildman–Crippen LogP) is 3.88. The molecule has 0 aliphatic carbocycles. The largest absolute Gasteiger partial charge is 0.444 e. The summed E-state index contributed by atoms with van der Waals surface area (Å²) in [6, 6.07) is 7.15. The molecule has 2 aromatic heterocycles. The standard InChI is InChI=1S/C20H23ClN4O3S/c1-14-19(13-24(2)23-14)29(26,27)25-9-4-3-8-18(25)20-22-12-17(28-20)11-15-6-5-7-16(21)10-15/h5-7,10,12-13,18H,3-4,8-9,11H2,1-2H3. The van der Waals surface area contributed by atoms with Crippen LogP contribution in [0.4, 0.5) is 0 Å². The highest BCUT2D eigenvalue weighted by molar-refractivity contribution is 7.89. The van der Waals surface area contributed by atoms with E-state index in [9.17, 15) is 8.42 Å². The molecule has 3 heterocycles. The van der Waals surface area contributed by atoms with E-state index in [1.54, 1.807) is 26.4 Å². The third kappa shape index (κ3) is 4.10. The van der Waals surface area contributed by atoms with Crippen LogP contribution in [0.2, 0.25) is 5.02 Å². The first-order valence-corrected chi connectivity index (χ1v) is 11.4. The molecule has 1 saturated heterocycles. The maximum absolute atomic E-state index is 13.3. The van der Waals surface area contributed by atoms with Crippen molar-refractivity contribution in [3.63, 3.8) is 0 Å². The number of hydrogen-bond acceptors (Lipinski definition) is 5. The number of aryl methyl sites for hydroxylation is 2. The fraction of sp³-hybridized carbons (Fsp3) is 0.400. The maximum atomic E-state index is 13.3. The van der Waals surface area contributed by atoms with Crippen LogP contribution in [0, 0.1) is 6.92 Å². The van der Waals surface area contributed by atoms with Crippen molar-refractivity contribution in [3.8, 4) is 0 Å². The molecular weight excluding hydrogens is 412 g/mol. The average Bonchev–Trinajstić information content (AvgIpc) is 3.28. The van der Waals surface area contributed by atoms with Crippen molar-refractivity contribution in [2.75, 3.05) is 6.54 Å². The zero-order valence-electron chi connectivity index (χ0n) is 16.4. The van der Waals surface area contributed by atoms with Crippen LogP contribution < -0.4 is 0 Å². The van der Waals surface area contributed by atoms with Gasteiger partial charge in [0.2, 0.25) is 15.9 Å². The Balaban J connectivity index is 1.61. The summed E-state index contributed by atoms with van der Waals surface area (Å²) in [6.45, 7) is 2.15. The van der Waals surface area contributed by atoms with Crippen LogP contribution in [0.15, 0.2) is 46.0 Å². The summed E-state index contributed by atoms with van der Waals surface area (Å²) in [7, 11) is -1.97. The number of sulfonamides is 1. The molecule has 9 heteroatoms. The summed E-state index contributed by atoms with van der Waals surface area (Å²) in [6.07, 6.45) is 6.19. The second-order valence-corrected chi connectivity index (χ2v) is 9.65. The molecule has 4 rings (SSSR count). The van der Waals surface area contributed by atoms with E-state index < -0.39 is 16.1 Å². The topological polar surface area (TPSA) is 81.2 Å². The van der Waals surface area contributed by atoms with Crippen LogP contribution in [0.25, 0.3) is 0 Å².